The fourth-order valence-corrected chi connectivity index (χ4v) is 1.86. The van der Waals surface area contributed by atoms with Crippen LogP contribution >= 0.6 is 0 Å². The highest BCUT2D eigenvalue weighted by atomic mass is 15.4. The first-order valence-electron chi connectivity index (χ1n) is 5.62. The molecule has 1 heterocycles. The van der Waals surface area contributed by atoms with Crippen LogP contribution in [-0.2, 0) is 6.54 Å². The van der Waals surface area contributed by atoms with Gasteiger partial charge in [0.1, 0.15) is 12.2 Å². The van der Waals surface area contributed by atoms with Gasteiger partial charge < -0.3 is 5.32 Å². The van der Waals surface area contributed by atoms with Crippen LogP contribution in [0.25, 0.3) is 0 Å². The minimum atomic E-state index is 0.386. The molecule has 0 bridgehead atoms. The zero-order valence-corrected chi connectivity index (χ0v) is 9.99. The molecule has 0 aliphatic heterocycles. The molecule has 1 unspecified atom stereocenters. The maximum atomic E-state index is 4.27. The van der Waals surface area contributed by atoms with E-state index in [1.54, 1.807) is 6.33 Å². The quantitative estimate of drug-likeness (QED) is 0.819. The lowest BCUT2D eigenvalue weighted by Gasteiger charge is -2.10. The second-order valence-corrected chi connectivity index (χ2v) is 5.34. The summed E-state index contributed by atoms with van der Waals surface area (Å²) >= 11 is 0. The SMILES string of the molecule is CC(C)n1ncnc1CNC1CC1(C)C. The lowest BCUT2D eigenvalue weighted by Crippen LogP contribution is -2.23. The van der Waals surface area contributed by atoms with E-state index in [0.717, 1.165) is 12.4 Å². The fraction of sp³-hybridized carbons (Fsp3) is 0.818. The van der Waals surface area contributed by atoms with E-state index in [4.69, 9.17) is 0 Å². The van der Waals surface area contributed by atoms with Crippen LogP contribution in [0.15, 0.2) is 6.33 Å². The Morgan fingerprint density at radius 2 is 2.27 bits per heavy atom. The Bertz CT molecular complexity index is 340. The highest BCUT2D eigenvalue weighted by Crippen LogP contribution is 2.44. The highest BCUT2D eigenvalue weighted by Gasteiger charge is 2.45. The van der Waals surface area contributed by atoms with Gasteiger partial charge in [-0.05, 0) is 25.7 Å². The van der Waals surface area contributed by atoms with Gasteiger partial charge in [0.2, 0.25) is 0 Å². The van der Waals surface area contributed by atoms with Gasteiger partial charge in [-0.25, -0.2) is 9.67 Å². The van der Waals surface area contributed by atoms with Crippen LogP contribution in [0, 0.1) is 5.41 Å². The van der Waals surface area contributed by atoms with Crippen molar-refractivity contribution < 1.29 is 0 Å². The standard InChI is InChI=1S/C11H20N4/c1-8(2)15-10(13-7-14-15)6-12-9-5-11(9,3)4/h7-9,12H,5-6H2,1-4H3. The van der Waals surface area contributed by atoms with Crippen molar-refractivity contribution in [1.29, 1.82) is 0 Å². The molecular weight excluding hydrogens is 188 g/mol. The molecule has 1 aliphatic rings. The monoisotopic (exact) mass is 208 g/mol. The predicted molar refractivity (Wildman–Crippen MR) is 59.4 cm³/mol. The minimum absolute atomic E-state index is 0.386. The number of nitrogens with zero attached hydrogens (tertiary/aromatic N) is 3. The van der Waals surface area contributed by atoms with Crippen molar-refractivity contribution in [3.05, 3.63) is 12.2 Å². The van der Waals surface area contributed by atoms with Crippen LogP contribution in [0.3, 0.4) is 0 Å². The molecule has 0 amide bonds. The van der Waals surface area contributed by atoms with Crippen molar-refractivity contribution in [2.75, 3.05) is 0 Å². The first-order valence-corrected chi connectivity index (χ1v) is 5.62. The highest BCUT2D eigenvalue weighted by molar-refractivity contribution is 5.02. The molecular formula is C11H20N4. The summed E-state index contributed by atoms with van der Waals surface area (Å²) in [5, 5.41) is 7.74. The number of hydrogen-bond acceptors (Lipinski definition) is 3. The van der Waals surface area contributed by atoms with Crippen molar-refractivity contribution >= 4 is 0 Å². The Labute approximate surface area is 91.1 Å². The molecule has 84 valence electrons. The van der Waals surface area contributed by atoms with Crippen molar-refractivity contribution in [3.8, 4) is 0 Å². The van der Waals surface area contributed by atoms with Crippen molar-refractivity contribution in [2.45, 2.75) is 52.7 Å². The fourth-order valence-electron chi connectivity index (χ4n) is 1.86. The first kappa shape index (κ1) is 10.6. The number of rotatable bonds is 4. The molecule has 1 aromatic heterocycles. The second-order valence-electron chi connectivity index (χ2n) is 5.34. The van der Waals surface area contributed by atoms with Crippen LogP contribution < -0.4 is 5.32 Å². The summed E-state index contributed by atoms with van der Waals surface area (Å²) in [6.45, 7) is 9.65. The zero-order chi connectivity index (χ0) is 11.1. The third-order valence-electron chi connectivity index (χ3n) is 3.16. The summed E-state index contributed by atoms with van der Waals surface area (Å²) in [7, 11) is 0. The lowest BCUT2D eigenvalue weighted by atomic mass is 10.2. The molecule has 15 heavy (non-hydrogen) atoms. The van der Waals surface area contributed by atoms with Crippen molar-refractivity contribution in [2.24, 2.45) is 5.41 Å². The van der Waals surface area contributed by atoms with Gasteiger partial charge in [0, 0.05) is 12.1 Å². The molecule has 1 fully saturated rings. The van der Waals surface area contributed by atoms with Crippen LogP contribution in [0.1, 0.15) is 46.0 Å². The Kier molecular flexibility index (Phi) is 2.54. The van der Waals surface area contributed by atoms with E-state index in [2.05, 4.69) is 43.1 Å². The molecule has 0 aromatic carbocycles. The largest absolute Gasteiger partial charge is 0.306 e. The van der Waals surface area contributed by atoms with Gasteiger partial charge in [-0.15, -0.1) is 0 Å². The molecule has 4 nitrogen and oxygen atoms in total. The molecule has 1 saturated carbocycles. The predicted octanol–water partition coefficient (Wildman–Crippen LogP) is 1.75. The van der Waals surface area contributed by atoms with Crippen LogP contribution in [0.2, 0.25) is 0 Å². The third-order valence-corrected chi connectivity index (χ3v) is 3.16. The second kappa shape index (κ2) is 3.59. The summed E-state index contributed by atoms with van der Waals surface area (Å²) in [6.07, 6.45) is 2.90. The summed E-state index contributed by atoms with van der Waals surface area (Å²) in [5.74, 6) is 1.03. The molecule has 0 saturated heterocycles. The number of hydrogen-bond donors (Lipinski definition) is 1. The number of aromatic nitrogens is 3. The smallest absolute Gasteiger partial charge is 0.141 e. The molecule has 1 aliphatic carbocycles. The molecule has 2 rings (SSSR count). The van der Waals surface area contributed by atoms with Crippen molar-refractivity contribution in [3.63, 3.8) is 0 Å². The Balaban J connectivity index is 1.91. The average molecular weight is 208 g/mol. The molecule has 4 heteroatoms. The van der Waals surface area contributed by atoms with Gasteiger partial charge in [-0.3, -0.25) is 0 Å². The lowest BCUT2D eigenvalue weighted by molar-refractivity contribution is 0.474. The topological polar surface area (TPSA) is 42.7 Å². The summed E-state index contributed by atoms with van der Waals surface area (Å²) < 4.78 is 1.97. The average Bonchev–Trinajstić information content (AvgIpc) is 2.63. The first-order chi connectivity index (χ1) is 7.00. The van der Waals surface area contributed by atoms with Gasteiger partial charge in [0.15, 0.2) is 0 Å². The zero-order valence-electron chi connectivity index (χ0n) is 9.99. The summed E-state index contributed by atoms with van der Waals surface area (Å²) in [5.41, 5.74) is 0.475. The van der Waals surface area contributed by atoms with E-state index in [9.17, 15) is 0 Å². The van der Waals surface area contributed by atoms with Crippen LogP contribution in [-0.4, -0.2) is 20.8 Å². The van der Waals surface area contributed by atoms with Gasteiger partial charge in [0.05, 0.1) is 6.54 Å². The maximum Gasteiger partial charge on any atom is 0.141 e. The molecule has 1 N–H and O–H groups in total. The normalized spacial score (nSPS) is 23.4. The number of nitrogens with one attached hydrogen (secondary N) is 1. The molecule has 1 atom stereocenters. The van der Waals surface area contributed by atoms with Crippen molar-refractivity contribution in [1.82, 2.24) is 20.1 Å². The van der Waals surface area contributed by atoms with E-state index >= 15 is 0 Å². The van der Waals surface area contributed by atoms with E-state index < -0.39 is 0 Å². The molecule has 0 spiro atoms. The summed E-state index contributed by atoms with van der Waals surface area (Å²) in [4.78, 5) is 4.27. The molecule has 1 aromatic rings. The van der Waals surface area contributed by atoms with E-state index in [-0.39, 0.29) is 0 Å². The van der Waals surface area contributed by atoms with Gasteiger partial charge >= 0.3 is 0 Å². The Hall–Kier alpha value is -0.900. The van der Waals surface area contributed by atoms with Gasteiger partial charge in [-0.2, -0.15) is 5.10 Å². The van der Waals surface area contributed by atoms with Crippen LogP contribution in [0.5, 0.6) is 0 Å². The minimum Gasteiger partial charge on any atom is -0.306 e. The Morgan fingerprint density at radius 3 is 2.80 bits per heavy atom. The van der Waals surface area contributed by atoms with E-state index in [0.29, 0.717) is 17.5 Å². The maximum absolute atomic E-state index is 4.27. The summed E-state index contributed by atoms with van der Waals surface area (Å²) in [6, 6.07) is 1.03. The van der Waals surface area contributed by atoms with E-state index in [1.807, 2.05) is 4.68 Å². The Morgan fingerprint density at radius 1 is 1.60 bits per heavy atom. The van der Waals surface area contributed by atoms with E-state index in [1.165, 1.54) is 6.42 Å². The third kappa shape index (κ3) is 2.20. The van der Waals surface area contributed by atoms with Gasteiger partial charge in [-0.1, -0.05) is 13.8 Å². The molecule has 0 radical (unpaired) electrons. The van der Waals surface area contributed by atoms with Crippen LogP contribution in [0.4, 0.5) is 0 Å². The van der Waals surface area contributed by atoms with Gasteiger partial charge in [0.25, 0.3) is 0 Å².